The van der Waals surface area contributed by atoms with Crippen LogP contribution in [-0.4, -0.2) is 9.82 Å². The third-order valence-corrected chi connectivity index (χ3v) is 2.33. The zero-order valence-corrected chi connectivity index (χ0v) is 8.52. The van der Waals surface area contributed by atoms with Gasteiger partial charge in [0.1, 0.15) is 0 Å². The van der Waals surface area contributed by atoms with Gasteiger partial charge in [-0.3, -0.25) is 0 Å². The van der Waals surface area contributed by atoms with E-state index in [0.717, 1.165) is 9.50 Å². The van der Waals surface area contributed by atoms with Crippen LogP contribution < -0.4 is 0 Å². The monoisotopic (exact) mass is 223 g/mol. The van der Waals surface area contributed by atoms with Crippen LogP contribution in [0, 0.1) is 0 Å². The molecule has 0 aliphatic carbocycles. The molecule has 0 saturated carbocycles. The minimum atomic E-state index is -0.142. The third kappa shape index (κ3) is 2.53. The Balaban J connectivity index is 2.80. The van der Waals surface area contributed by atoms with Crippen molar-refractivity contribution in [1.29, 1.82) is 0 Å². The number of nitrogens with zero attached hydrogens (tertiary/aromatic N) is 1. The van der Waals surface area contributed by atoms with Crippen LogP contribution in [0.4, 0.5) is 0 Å². The van der Waals surface area contributed by atoms with E-state index in [1.165, 1.54) is 0 Å². The van der Waals surface area contributed by atoms with Crippen molar-refractivity contribution in [2.45, 2.75) is 6.04 Å². The lowest BCUT2D eigenvalue weighted by molar-refractivity contribution is 0.561. The molecule has 1 unspecified atom stereocenters. The SMILES string of the molecule is ClCC(c1ccccc1)N(Cl)Cl. The predicted molar refractivity (Wildman–Crippen MR) is 53.4 cm³/mol. The molecule has 1 atom stereocenters. The Bertz CT molecular complexity index is 225. The molecule has 0 aliphatic heterocycles. The Morgan fingerprint density at radius 3 is 2.17 bits per heavy atom. The molecule has 1 nitrogen and oxygen atoms in total. The van der Waals surface area contributed by atoms with Crippen LogP contribution in [0.3, 0.4) is 0 Å². The molecule has 0 N–H and O–H groups in total. The summed E-state index contributed by atoms with van der Waals surface area (Å²) in [5.74, 6) is 0.372. The van der Waals surface area contributed by atoms with Gasteiger partial charge in [-0.25, -0.2) is 0 Å². The number of alkyl halides is 1. The lowest BCUT2D eigenvalue weighted by atomic mass is 10.1. The molecular formula is C8H8Cl3N. The first-order chi connectivity index (χ1) is 5.75. The van der Waals surface area contributed by atoms with Crippen molar-refractivity contribution in [3.05, 3.63) is 35.9 Å². The molecule has 12 heavy (non-hydrogen) atoms. The van der Waals surface area contributed by atoms with Gasteiger partial charge in [-0.15, -0.1) is 15.5 Å². The van der Waals surface area contributed by atoms with Crippen LogP contribution >= 0.6 is 35.2 Å². The van der Waals surface area contributed by atoms with Crippen molar-refractivity contribution in [3.8, 4) is 0 Å². The van der Waals surface area contributed by atoms with E-state index in [1.807, 2.05) is 30.3 Å². The van der Waals surface area contributed by atoms with Gasteiger partial charge < -0.3 is 0 Å². The highest BCUT2D eigenvalue weighted by Gasteiger charge is 2.15. The zero-order valence-electron chi connectivity index (χ0n) is 6.25. The highest BCUT2D eigenvalue weighted by Crippen LogP contribution is 2.25. The Morgan fingerprint density at radius 2 is 1.75 bits per heavy atom. The van der Waals surface area contributed by atoms with Crippen molar-refractivity contribution >= 4 is 35.2 Å². The second-order valence-corrected chi connectivity index (χ2v) is 3.55. The summed E-state index contributed by atoms with van der Waals surface area (Å²) >= 11 is 16.9. The Morgan fingerprint density at radius 1 is 1.17 bits per heavy atom. The summed E-state index contributed by atoms with van der Waals surface area (Å²) in [6.45, 7) is 0. The molecule has 0 saturated heterocycles. The summed E-state index contributed by atoms with van der Waals surface area (Å²) in [4.78, 5) is 0. The maximum absolute atomic E-state index is 5.69. The average Bonchev–Trinajstić information content (AvgIpc) is 2.07. The molecule has 0 fully saturated rings. The van der Waals surface area contributed by atoms with Crippen molar-refractivity contribution < 1.29 is 0 Å². The van der Waals surface area contributed by atoms with E-state index in [-0.39, 0.29) is 6.04 Å². The minimum Gasteiger partial charge on any atom is -0.125 e. The molecule has 0 bridgehead atoms. The summed E-state index contributed by atoms with van der Waals surface area (Å²) in [6, 6.07) is 9.51. The van der Waals surface area contributed by atoms with Crippen molar-refractivity contribution in [2.75, 3.05) is 5.88 Å². The number of hydrogen-bond acceptors (Lipinski definition) is 1. The molecule has 0 amide bonds. The quantitative estimate of drug-likeness (QED) is 0.560. The molecule has 66 valence electrons. The highest BCUT2D eigenvalue weighted by atomic mass is 35.5. The smallest absolute Gasteiger partial charge is 0.0800 e. The fourth-order valence-electron chi connectivity index (χ4n) is 0.929. The van der Waals surface area contributed by atoms with Crippen LogP contribution in [0.15, 0.2) is 30.3 Å². The fraction of sp³-hybridized carbons (Fsp3) is 0.250. The molecule has 0 aromatic heterocycles. The van der Waals surface area contributed by atoms with Crippen molar-refractivity contribution in [1.82, 2.24) is 3.94 Å². The van der Waals surface area contributed by atoms with E-state index in [2.05, 4.69) is 0 Å². The third-order valence-electron chi connectivity index (χ3n) is 1.57. The Labute approximate surface area is 87.1 Å². The zero-order chi connectivity index (χ0) is 8.97. The molecular weight excluding hydrogens is 216 g/mol. The maximum Gasteiger partial charge on any atom is 0.0800 e. The Kier molecular flexibility index (Phi) is 4.16. The van der Waals surface area contributed by atoms with Gasteiger partial charge in [0, 0.05) is 5.88 Å². The molecule has 1 aromatic rings. The van der Waals surface area contributed by atoms with Crippen LogP contribution in [0.1, 0.15) is 11.6 Å². The molecule has 1 rings (SSSR count). The largest absolute Gasteiger partial charge is 0.125 e. The topological polar surface area (TPSA) is 3.24 Å². The molecule has 0 radical (unpaired) electrons. The van der Waals surface area contributed by atoms with E-state index in [1.54, 1.807) is 0 Å². The van der Waals surface area contributed by atoms with Crippen molar-refractivity contribution in [3.63, 3.8) is 0 Å². The van der Waals surface area contributed by atoms with Crippen LogP contribution in [0.25, 0.3) is 0 Å². The van der Waals surface area contributed by atoms with Gasteiger partial charge in [0.05, 0.1) is 6.04 Å². The summed E-state index contributed by atoms with van der Waals surface area (Å²) < 4.78 is 1.07. The second-order valence-electron chi connectivity index (χ2n) is 2.34. The highest BCUT2D eigenvalue weighted by molar-refractivity contribution is 6.34. The number of hydrogen-bond donors (Lipinski definition) is 0. The number of rotatable bonds is 3. The summed E-state index contributed by atoms with van der Waals surface area (Å²) in [5, 5.41) is 0. The minimum absolute atomic E-state index is 0.142. The van der Waals surface area contributed by atoms with E-state index in [0.29, 0.717) is 5.88 Å². The van der Waals surface area contributed by atoms with Gasteiger partial charge in [-0.2, -0.15) is 0 Å². The van der Waals surface area contributed by atoms with Gasteiger partial charge in [-0.05, 0) is 29.1 Å². The molecule has 1 aromatic carbocycles. The van der Waals surface area contributed by atoms with Gasteiger partial charge in [0.25, 0.3) is 0 Å². The first kappa shape index (κ1) is 10.1. The normalized spacial score (nSPS) is 13.3. The van der Waals surface area contributed by atoms with Crippen LogP contribution in [0.2, 0.25) is 0 Å². The summed E-state index contributed by atoms with van der Waals surface area (Å²) in [7, 11) is 0. The fourth-order valence-corrected chi connectivity index (χ4v) is 1.75. The average molecular weight is 225 g/mol. The van der Waals surface area contributed by atoms with E-state index < -0.39 is 0 Å². The van der Waals surface area contributed by atoms with Gasteiger partial charge in [0.2, 0.25) is 0 Å². The van der Waals surface area contributed by atoms with Crippen LogP contribution in [-0.2, 0) is 0 Å². The van der Waals surface area contributed by atoms with Crippen LogP contribution in [0.5, 0.6) is 0 Å². The van der Waals surface area contributed by atoms with Crippen molar-refractivity contribution in [2.24, 2.45) is 0 Å². The lowest BCUT2D eigenvalue weighted by Crippen LogP contribution is -2.11. The molecule has 0 spiro atoms. The first-order valence-corrected chi connectivity index (χ1v) is 4.68. The molecule has 0 aliphatic rings. The summed E-state index contributed by atoms with van der Waals surface area (Å²) in [5.41, 5.74) is 1.01. The lowest BCUT2D eigenvalue weighted by Gasteiger charge is -2.16. The number of halogens is 3. The maximum atomic E-state index is 5.69. The van der Waals surface area contributed by atoms with Gasteiger partial charge >= 0.3 is 0 Å². The number of benzene rings is 1. The summed E-state index contributed by atoms with van der Waals surface area (Å²) in [6.07, 6.45) is 0. The van der Waals surface area contributed by atoms with Gasteiger partial charge in [0.15, 0.2) is 0 Å². The Hall–Kier alpha value is 0.0500. The van der Waals surface area contributed by atoms with Gasteiger partial charge in [-0.1, -0.05) is 30.3 Å². The standard InChI is InChI=1S/C8H8Cl3N/c9-6-8(12(10)11)7-4-2-1-3-5-7/h1-5,8H,6H2. The first-order valence-electron chi connectivity index (χ1n) is 3.47. The molecule has 4 heteroatoms. The van der Waals surface area contributed by atoms with E-state index in [4.69, 9.17) is 35.2 Å². The van der Waals surface area contributed by atoms with E-state index >= 15 is 0 Å². The van der Waals surface area contributed by atoms with E-state index in [9.17, 15) is 0 Å². The second kappa shape index (κ2) is 4.93. The molecule has 0 heterocycles. The predicted octanol–water partition coefficient (Wildman–Crippen LogP) is 3.58.